The Labute approximate surface area is 136 Å². The van der Waals surface area contributed by atoms with Gasteiger partial charge in [-0.15, -0.1) is 0 Å². The molecule has 124 valence electrons. The third-order valence-corrected chi connectivity index (χ3v) is 5.17. The second-order valence-corrected chi connectivity index (χ2v) is 7.43. The summed E-state index contributed by atoms with van der Waals surface area (Å²) in [4.78, 5) is 0. The predicted molar refractivity (Wildman–Crippen MR) is 92.8 cm³/mol. The Morgan fingerprint density at radius 2 is 2.05 bits per heavy atom. The monoisotopic (exact) mass is 304 g/mol. The van der Waals surface area contributed by atoms with Gasteiger partial charge >= 0.3 is 0 Å². The summed E-state index contributed by atoms with van der Waals surface area (Å²) in [5.74, 6) is 0.596. The summed E-state index contributed by atoms with van der Waals surface area (Å²) in [7, 11) is 0. The fourth-order valence-electron chi connectivity index (χ4n) is 3.23. The van der Waals surface area contributed by atoms with Gasteiger partial charge in [-0.2, -0.15) is 0 Å². The number of aliphatic hydroxyl groups excluding tert-OH is 1. The number of hydrogen-bond acceptors (Lipinski definition) is 2. The van der Waals surface area contributed by atoms with E-state index in [0.29, 0.717) is 12.0 Å². The molecule has 2 rings (SSSR count). The van der Waals surface area contributed by atoms with Crippen LogP contribution < -0.4 is 0 Å². The number of fused-ring (bicyclic) bond motifs is 1. The minimum atomic E-state index is 0.0530. The summed E-state index contributed by atoms with van der Waals surface area (Å²) < 4.78 is 5.97. The van der Waals surface area contributed by atoms with Crippen molar-refractivity contribution in [2.75, 3.05) is 6.61 Å². The molecular formula is C20H32O2. The third-order valence-electron chi connectivity index (χ3n) is 5.17. The van der Waals surface area contributed by atoms with Crippen LogP contribution in [0, 0.1) is 5.92 Å². The van der Waals surface area contributed by atoms with Crippen LogP contribution in [0.5, 0.6) is 0 Å². The van der Waals surface area contributed by atoms with Crippen molar-refractivity contribution in [1.82, 2.24) is 0 Å². The largest absolute Gasteiger partial charge is 0.392 e. The van der Waals surface area contributed by atoms with Gasteiger partial charge in [-0.3, -0.25) is 0 Å². The lowest BCUT2D eigenvalue weighted by molar-refractivity contribution is 0.291. The molecule has 22 heavy (non-hydrogen) atoms. The summed E-state index contributed by atoms with van der Waals surface area (Å²) in [5.41, 5.74) is 4.16. The number of hydrogen-bond donors (Lipinski definition) is 1. The quantitative estimate of drug-likeness (QED) is 0.578. The van der Waals surface area contributed by atoms with E-state index in [9.17, 15) is 5.11 Å². The molecule has 1 fully saturated rings. The van der Waals surface area contributed by atoms with Crippen molar-refractivity contribution in [2.24, 2.45) is 5.92 Å². The minimum Gasteiger partial charge on any atom is -0.392 e. The van der Waals surface area contributed by atoms with Crippen molar-refractivity contribution in [3.8, 4) is 0 Å². The van der Waals surface area contributed by atoms with E-state index in [0.717, 1.165) is 38.5 Å². The maximum Gasteiger partial charge on any atom is 0.0923 e. The second kappa shape index (κ2) is 7.61. The molecule has 0 unspecified atom stereocenters. The molecule has 1 heterocycles. The van der Waals surface area contributed by atoms with Crippen LogP contribution in [0.1, 0.15) is 66.2 Å². The van der Waals surface area contributed by atoms with Crippen LogP contribution in [0.3, 0.4) is 0 Å². The van der Waals surface area contributed by atoms with E-state index < -0.39 is 0 Å². The van der Waals surface area contributed by atoms with Crippen LogP contribution in [0.4, 0.5) is 0 Å². The molecule has 1 aliphatic carbocycles. The van der Waals surface area contributed by atoms with Crippen LogP contribution in [0.2, 0.25) is 0 Å². The highest BCUT2D eigenvalue weighted by molar-refractivity contribution is 5.20. The fraction of sp³-hybridized carbons (Fsp3) is 0.700. The Hall–Kier alpha value is -0.860. The molecule has 0 bridgehead atoms. The molecule has 1 aliphatic heterocycles. The fourth-order valence-corrected chi connectivity index (χ4v) is 3.23. The van der Waals surface area contributed by atoms with E-state index >= 15 is 0 Å². The molecule has 1 N–H and O–H groups in total. The average Bonchev–Trinajstić information content (AvgIpc) is 3.12. The van der Waals surface area contributed by atoms with Gasteiger partial charge in [0.1, 0.15) is 0 Å². The molecule has 0 spiro atoms. The van der Waals surface area contributed by atoms with E-state index in [1.165, 1.54) is 16.7 Å². The predicted octanol–water partition coefficient (Wildman–Crippen LogP) is 4.95. The first-order valence-corrected chi connectivity index (χ1v) is 8.77. The van der Waals surface area contributed by atoms with Gasteiger partial charge in [0.05, 0.1) is 18.3 Å². The lowest BCUT2D eigenvalue weighted by Gasteiger charge is -2.14. The van der Waals surface area contributed by atoms with E-state index in [4.69, 9.17) is 4.74 Å². The molecule has 0 aromatic rings. The third kappa shape index (κ3) is 4.82. The molecule has 0 amide bonds. The van der Waals surface area contributed by atoms with Gasteiger partial charge in [0.2, 0.25) is 0 Å². The van der Waals surface area contributed by atoms with Crippen molar-refractivity contribution >= 4 is 0 Å². The molecule has 2 atom stereocenters. The average molecular weight is 304 g/mol. The van der Waals surface area contributed by atoms with E-state index in [1.54, 1.807) is 0 Å². The lowest BCUT2D eigenvalue weighted by Crippen LogP contribution is -2.12. The molecule has 2 heteroatoms. The molecule has 0 saturated carbocycles. The topological polar surface area (TPSA) is 32.8 Å². The van der Waals surface area contributed by atoms with Gasteiger partial charge in [0, 0.05) is 0 Å². The van der Waals surface area contributed by atoms with Crippen LogP contribution in [-0.4, -0.2) is 23.4 Å². The highest BCUT2D eigenvalue weighted by Crippen LogP contribution is 2.44. The molecule has 0 aromatic carbocycles. The molecule has 2 aliphatic rings. The number of aliphatic hydroxyl groups is 1. The Bertz CT molecular complexity index is 470. The number of allylic oxidation sites excluding steroid dienone is 5. The Morgan fingerprint density at radius 3 is 2.73 bits per heavy atom. The van der Waals surface area contributed by atoms with Gasteiger partial charge in [-0.1, -0.05) is 43.2 Å². The molecule has 0 aromatic heterocycles. The van der Waals surface area contributed by atoms with Crippen molar-refractivity contribution in [3.63, 3.8) is 0 Å². The van der Waals surface area contributed by atoms with Crippen LogP contribution >= 0.6 is 0 Å². The molecule has 0 radical (unpaired) electrons. The van der Waals surface area contributed by atoms with Crippen LogP contribution in [-0.2, 0) is 4.74 Å². The van der Waals surface area contributed by atoms with Gasteiger partial charge in [0.15, 0.2) is 0 Å². The van der Waals surface area contributed by atoms with Crippen LogP contribution in [0.25, 0.3) is 0 Å². The zero-order valence-electron chi connectivity index (χ0n) is 14.7. The zero-order valence-corrected chi connectivity index (χ0v) is 14.7. The SMILES string of the molecule is C/C1=C\C=C(\C(C)C)CC[C@]2(C)O[C@H]2CC/C(CO)=C\CC1. The second-order valence-electron chi connectivity index (χ2n) is 7.43. The standard InChI is InChI=1S/C20H32O2/c1-15(2)18-10-8-16(3)6-5-7-17(14-21)9-11-19-20(4,22-19)13-12-18/h7-8,10,15,19,21H,5-6,9,11-14H2,1-4H3/b16-8+,17-7+,18-10+/t19-,20-/m0/s1. The maximum atomic E-state index is 9.49. The first kappa shape index (κ1) is 17.5. The first-order chi connectivity index (χ1) is 10.4. The van der Waals surface area contributed by atoms with E-state index in [2.05, 4.69) is 45.9 Å². The van der Waals surface area contributed by atoms with Gasteiger partial charge in [0.25, 0.3) is 0 Å². The minimum absolute atomic E-state index is 0.0530. The van der Waals surface area contributed by atoms with Crippen molar-refractivity contribution < 1.29 is 9.84 Å². The summed E-state index contributed by atoms with van der Waals surface area (Å²) in [6.07, 6.45) is 13.5. The van der Waals surface area contributed by atoms with Crippen LogP contribution in [0.15, 0.2) is 34.9 Å². The summed E-state index contributed by atoms with van der Waals surface area (Å²) in [6, 6.07) is 0. The summed E-state index contributed by atoms with van der Waals surface area (Å²) >= 11 is 0. The van der Waals surface area contributed by atoms with Gasteiger partial charge in [-0.05, 0) is 63.9 Å². The van der Waals surface area contributed by atoms with E-state index in [1.807, 2.05) is 0 Å². The maximum absolute atomic E-state index is 9.49. The zero-order chi connectivity index (χ0) is 16.2. The van der Waals surface area contributed by atoms with Crippen molar-refractivity contribution in [1.29, 1.82) is 0 Å². The molecular weight excluding hydrogens is 272 g/mol. The molecule has 2 nitrogen and oxygen atoms in total. The Morgan fingerprint density at radius 1 is 1.27 bits per heavy atom. The van der Waals surface area contributed by atoms with Gasteiger partial charge < -0.3 is 9.84 Å². The number of epoxide rings is 1. The van der Waals surface area contributed by atoms with Crippen molar-refractivity contribution in [3.05, 3.63) is 34.9 Å². The summed E-state index contributed by atoms with van der Waals surface area (Å²) in [6.45, 7) is 9.19. The first-order valence-electron chi connectivity index (χ1n) is 8.77. The normalized spacial score (nSPS) is 37.9. The molecule has 1 saturated heterocycles. The highest BCUT2D eigenvalue weighted by Gasteiger charge is 2.50. The lowest BCUT2D eigenvalue weighted by atomic mass is 9.90. The van der Waals surface area contributed by atoms with Gasteiger partial charge in [-0.25, -0.2) is 0 Å². The Kier molecular flexibility index (Phi) is 6.05. The number of ether oxygens (including phenoxy) is 1. The van der Waals surface area contributed by atoms with E-state index in [-0.39, 0.29) is 12.2 Å². The smallest absolute Gasteiger partial charge is 0.0923 e. The number of rotatable bonds is 2. The van der Waals surface area contributed by atoms with Crippen molar-refractivity contribution in [2.45, 2.75) is 77.9 Å². The Balaban J connectivity index is 2.13. The highest BCUT2D eigenvalue weighted by atomic mass is 16.6. The summed E-state index contributed by atoms with van der Waals surface area (Å²) in [5, 5.41) is 9.49.